The Kier molecular flexibility index (Phi) is 2.93. The summed E-state index contributed by atoms with van der Waals surface area (Å²) in [4.78, 5) is 4.38. The van der Waals surface area contributed by atoms with Gasteiger partial charge in [-0.3, -0.25) is 4.98 Å². The minimum atomic E-state index is 0.490. The Hall–Kier alpha value is -0.890. The molecular weight excluding hydrogens is 160 g/mol. The van der Waals surface area contributed by atoms with E-state index in [4.69, 9.17) is 0 Å². The number of nitrogens with one attached hydrogen (secondary N) is 1. The summed E-state index contributed by atoms with van der Waals surface area (Å²) in [7, 11) is 0. The molecule has 1 fully saturated rings. The Bertz CT molecular complexity index is 238. The van der Waals surface area contributed by atoms with Gasteiger partial charge in [0.1, 0.15) is 0 Å². The van der Waals surface area contributed by atoms with E-state index in [0.717, 1.165) is 6.54 Å². The summed E-state index contributed by atoms with van der Waals surface area (Å²) in [5, 5.41) is 3.54. The third-order valence-corrected chi connectivity index (χ3v) is 2.61. The summed E-state index contributed by atoms with van der Waals surface area (Å²) in [6.07, 6.45) is 7.10. The van der Waals surface area contributed by atoms with Gasteiger partial charge in [-0.2, -0.15) is 0 Å². The molecule has 0 saturated carbocycles. The first kappa shape index (κ1) is 8.70. The molecule has 1 saturated heterocycles. The van der Waals surface area contributed by atoms with E-state index in [1.54, 1.807) is 0 Å². The van der Waals surface area contributed by atoms with Crippen molar-refractivity contribution < 1.29 is 0 Å². The molecule has 1 N–H and O–H groups in total. The Balaban J connectivity index is 2.06. The molecule has 0 aromatic carbocycles. The van der Waals surface area contributed by atoms with Crippen LogP contribution >= 0.6 is 0 Å². The second kappa shape index (κ2) is 4.38. The minimum Gasteiger partial charge on any atom is -0.309 e. The van der Waals surface area contributed by atoms with Crippen LogP contribution in [0, 0.1) is 0 Å². The number of rotatable bonds is 1. The van der Waals surface area contributed by atoms with Crippen LogP contribution in [0.4, 0.5) is 0 Å². The van der Waals surface area contributed by atoms with Gasteiger partial charge in [0.15, 0.2) is 0 Å². The average molecular weight is 176 g/mol. The van der Waals surface area contributed by atoms with Crippen LogP contribution in [0.25, 0.3) is 0 Å². The predicted octanol–water partition coefficient (Wildman–Crippen LogP) is 2.29. The van der Waals surface area contributed by atoms with E-state index in [1.165, 1.54) is 31.4 Å². The lowest BCUT2D eigenvalue weighted by Gasteiger charge is -2.14. The number of hydrogen-bond donors (Lipinski definition) is 1. The van der Waals surface area contributed by atoms with E-state index in [2.05, 4.69) is 22.4 Å². The Labute approximate surface area is 79.4 Å². The van der Waals surface area contributed by atoms with Crippen LogP contribution in [-0.4, -0.2) is 11.5 Å². The van der Waals surface area contributed by atoms with Crippen molar-refractivity contribution in [3.05, 3.63) is 30.1 Å². The maximum atomic E-state index is 4.38. The summed E-state index contributed by atoms with van der Waals surface area (Å²) in [6.45, 7) is 1.14. The third kappa shape index (κ3) is 2.28. The largest absolute Gasteiger partial charge is 0.309 e. The monoisotopic (exact) mass is 176 g/mol. The van der Waals surface area contributed by atoms with Gasteiger partial charge in [-0.1, -0.05) is 18.9 Å². The highest BCUT2D eigenvalue weighted by Crippen LogP contribution is 2.20. The van der Waals surface area contributed by atoms with Crippen molar-refractivity contribution in [2.24, 2.45) is 0 Å². The van der Waals surface area contributed by atoms with Crippen molar-refractivity contribution in [2.45, 2.75) is 31.7 Å². The Morgan fingerprint density at radius 3 is 3.08 bits per heavy atom. The van der Waals surface area contributed by atoms with Crippen LogP contribution < -0.4 is 5.32 Å². The molecule has 1 unspecified atom stereocenters. The molecule has 1 aromatic rings. The smallest absolute Gasteiger partial charge is 0.0573 e. The Morgan fingerprint density at radius 2 is 2.23 bits per heavy atom. The van der Waals surface area contributed by atoms with Crippen LogP contribution in [0.15, 0.2) is 24.4 Å². The van der Waals surface area contributed by atoms with Gasteiger partial charge >= 0.3 is 0 Å². The van der Waals surface area contributed by atoms with Crippen molar-refractivity contribution in [2.75, 3.05) is 6.54 Å². The van der Waals surface area contributed by atoms with Gasteiger partial charge in [0, 0.05) is 12.2 Å². The highest BCUT2D eigenvalue weighted by molar-refractivity contribution is 5.08. The molecule has 1 atom stereocenters. The fourth-order valence-corrected chi connectivity index (χ4v) is 1.86. The highest BCUT2D eigenvalue weighted by Gasteiger charge is 2.13. The third-order valence-electron chi connectivity index (χ3n) is 2.61. The van der Waals surface area contributed by atoms with Crippen LogP contribution in [0.2, 0.25) is 0 Å². The lowest BCUT2D eigenvalue weighted by molar-refractivity contribution is 0.522. The molecule has 70 valence electrons. The number of hydrogen-bond acceptors (Lipinski definition) is 2. The molecule has 1 aliphatic rings. The van der Waals surface area contributed by atoms with Crippen LogP contribution in [0.1, 0.15) is 37.4 Å². The zero-order chi connectivity index (χ0) is 8.93. The fourth-order valence-electron chi connectivity index (χ4n) is 1.86. The molecule has 0 bridgehead atoms. The van der Waals surface area contributed by atoms with E-state index in [-0.39, 0.29) is 0 Å². The predicted molar refractivity (Wildman–Crippen MR) is 53.4 cm³/mol. The Morgan fingerprint density at radius 1 is 1.23 bits per heavy atom. The van der Waals surface area contributed by atoms with E-state index < -0.39 is 0 Å². The minimum absolute atomic E-state index is 0.490. The summed E-state index contributed by atoms with van der Waals surface area (Å²) in [5.74, 6) is 0. The van der Waals surface area contributed by atoms with Gasteiger partial charge in [0.25, 0.3) is 0 Å². The summed E-state index contributed by atoms with van der Waals surface area (Å²) in [6, 6.07) is 6.64. The second-order valence-electron chi connectivity index (χ2n) is 3.61. The van der Waals surface area contributed by atoms with Crippen molar-refractivity contribution in [3.63, 3.8) is 0 Å². The van der Waals surface area contributed by atoms with Crippen molar-refractivity contribution >= 4 is 0 Å². The van der Waals surface area contributed by atoms with Crippen molar-refractivity contribution in [1.82, 2.24) is 10.3 Å². The van der Waals surface area contributed by atoms with E-state index in [0.29, 0.717) is 6.04 Å². The van der Waals surface area contributed by atoms with E-state index in [9.17, 15) is 0 Å². The first-order chi connectivity index (χ1) is 6.47. The molecule has 2 nitrogen and oxygen atoms in total. The molecular formula is C11H16N2. The molecule has 2 heterocycles. The highest BCUT2D eigenvalue weighted by atomic mass is 14.9. The van der Waals surface area contributed by atoms with Gasteiger partial charge in [-0.05, 0) is 31.5 Å². The summed E-state index contributed by atoms with van der Waals surface area (Å²) < 4.78 is 0. The molecule has 13 heavy (non-hydrogen) atoms. The maximum Gasteiger partial charge on any atom is 0.0573 e. The quantitative estimate of drug-likeness (QED) is 0.710. The van der Waals surface area contributed by atoms with Gasteiger partial charge < -0.3 is 5.32 Å². The molecule has 0 aliphatic carbocycles. The second-order valence-corrected chi connectivity index (χ2v) is 3.61. The van der Waals surface area contributed by atoms with Gasteiger partial charge in [-0.15, -0.1) is 0 Å². The van der Waals surface area contributed by atoms with Gasteiger partial charge in [-0.25, -0.2) is 0 Å². The summed E-state index contributed by atoms with van der Waals surface area (Å²) in [5.41, 5.74) is 1.20. The fraction of sp³-hybridized carbons (Fsp3) is 0.545. The number of pyridine rings is 1. The molecule has 1 aromatic heterocycles. The molecule has 0 spiro atoms. The summed E-state index contributed by atoms with van der Waals surface area (Å²) >= 11 is 0. The normalized spacial score (nSPS) is 23.8. The first-order valence-electron chi connectivity index (χ1n) is 5.11. The topological polar surface area (TPSA) is 24.9 Å². The standard InChI is InChI=1S/C11H16N2/c1-2-6-10(12-8-4-1)11-7-3-5-9-13-11/h3,5,7,9-10,12H,1-2,4,6,8H2. The van der Waals surface area contributed by atoms with Crippen LogP contribution in [0.5, 0.6) is 0 Å². The van der Waals surface area contributed by atoms with Gasteiger partial charge in [0.2, 0.25) is 0 Å². The molecule has 0 radical (unpaired) electrons. The van der Waals surface area contributed by atoms with Crippen LogP contribution in [-0.2, 0) is 0 Å². The van der Waals surface area contributed by atoms with E-state index in [1.807, 2.05) is 12.3 Å². The molecule has 1 aliphatic heterocycles. The lowest BCUT2D eigenvalue weighted by Crippen LogP contribution is -2.20. The van der Waals surface area contributed by atoms with Gasteiger partial charge in [0.05, 0.1) is 5.69 Å². The number of nitrogens with zero attached hydrogens (tertiary/aromatic N) is 1. The molecule has 2 rings (SSSR count). The zero-order valence-corrected chi connectivity index (χ0v) is 7.87. The maximum absolute atomic E-state index is 4.38. The van der Waals surface area contributed by atoms with Crippen molar-refractivity contribution in [3.8, 4) is 0 Å². The zero-order valence-electron chi connectivity index (χ0n) is 7.87. The molecule has 2 heteroatoms. The SMILES string of the molecule is c1ccc(C2CCCCCN2)nc1. The average Bonchev–Trinajstić information content (AvgIpc) is 2.47. The number of aromatic nitrogens is 1. The van der Waals surface area contributed by atoms with Crippen LogP contribution in [0.3, 0.4) is 0 Å². The van der Waals surface area contributed by atoms with E-state index >= 15 is 0 Å². The van der Waals surface area contributed by atoms with Crippen molar-refractivity contribution in [1.29, 1.82) is 0 Å². The first-order valence-corrected chi connectivity index (χ1v) is 5.11. The molecule has 0 amide bonds. The lowest BCUT2D eigenvalue weighted by atomic mass is 10.1.